The number of amides is 5. The summed E-state index contributed by atoms with van der Waals surface area (Å²) < 4.78 is 0. The number of hydrogen-bond acceptors (Lipinski definition) is 9. The van der Waals surface area contributed by atoms with Crippen LogP contribution in [0.1, 0.15) is 32.3 Å². The molecule has 0 aromatic heterocycles. The minimum Gasteiger partial charge on any atom is -0.508 e. The lowest BCUT2D eigenvalue weighted by atomic mass is 10.0. The van der Waals surface area contributed by atoms with Crippen LogP contribution < -0.4 is 21.3 Å². The SMILES string of the molecule is CC(=O)N[C@@H](C)C(=O)N[C@@H](CO)C(=O)N1CCC[C@H]1C(=O)N[C@@H](Cc1ccc(O)cc1)C(=O)Nc1ccc([N+](=O)[O-])cc1. The van der Waals surface area contributed by atoms with Crippen molar-refractivity contribution in [2.24, 2.45) is 0 Å². The number of rotatable bonds is 12. The Bertz CT molecular complexity index is 1350. The van der Waals surface area contributed by atoms with Crippen LogP contribution in [0.5, 0.6) is 5.75 Å². The first kappa shape index (κ1) is 32.5. The number of hydrogen-bond donors (Lipinski definition) is 6. The highest BCUT2D eigenvalue weighted by Gasteiger charge is 2.39. The van der Waals surface area contributed by atoms with Gasteiger partial charge in [0.1, 0.15) is 29.9 Å². The lowest BCUT2D eigenvalue weighted by Gasteiger charge is -2.29. The maximum absolute atomic E-state index is 13.5. The van der Waals surface area contributed by atoms with E-state index in [-0.39, 0.29) is 36.5 Å². The summed E-state index contributed by atoms with van der Waals surface area (Å²) in [4.78, 5) is 75.3. The average Bonchev–Trinajstić information content (AvgIpc) is 3.46. The third-order valence-corrected chi connectivity index (χ3v) is 6.80. The van der Waals surface area contributed by atoms with Crippen LogP contribution in [0.2, 0.25) is 0 Å². The van der Waals surface area contributed by atoms with Gasteiger partial charge in [0.25, 0.3) is 5.69 Å². The van der Waals surface area contributed by atoms with Gasteiger partial charge < -0.3 is 36.4 Å². The van der Waals surface area contributed by atoms with Crippen LogP contribution in [0.25, 0.3) is 0 Å². The third kappa shape index (κ3) is 8.97. The van der Waals surface area contributed by atoms with Crippen LogP contribution in [-0.4, -0.2) is 86.9 Å². The summed E-state index contributed by atoms with van der Waals surface area (Å²) in [6.07, 6.45) is 0.736. The number of nitrogens with zero attached hydrogens (tertiary/aromatic N) is 2. The van der Waals surface area contributed by atoms with E-state index >= 15 is 0 Å². The average molecular weight is 599 g/mol. The lowest BCUT2D eigenvalue weighted by molar-refractivity contribution is -0.384. The third-order valence-electron chi connectivity index (χ3n) is 6.80. The number of aliphatic hydroxyl groups excluding tert-OH is 1. The number of carbonyl (C=O) groups excluding carboxylic acids is 5. The van der Waals surface area contributed by atoms with Crippen LogP contribution in [0, 0.1) is 10.1 Å². The van der Waals surface area contributed by atoms with Crippen molar-refractivity contribution in [3.05, 3.63) is 64.2 Å². The largest absolute Gasteiger partial charge is 0.508 e. The smallest absolute Gasteiger partial charge is 0.269 e. The normalized spacial score (nSPS) is 16.3. The number of nitro groups is 1. The molecular weight excluding hydrogens is 564 g/mol. The maximum Gasteiger partial charge on any atom is 0.269 e. The predicted octanol–water partition coefficient (Wildman–Crippen LogP) is -0.0409. The van der Waals surface area contributed by atoms with E-state index in [0.29, 0.717) is 12.0 Å². The van der Waals surface area contributed by atoms with E-state index in [1.807, 2.05) is 0 Å². The zero-order valence-corrected chi connectivity index (χ0v) is 23.6. The van der Waals surface area contributed by atoms with Gasteiger partial charge in [-0.25, -0.2) is 0 Å². The van der Waals surface area contributed by atoms with Crippen LogP contribution in [-0.2, 0) is 30.4 Å². The molecule has 0 bridgehead atoms. The molecule has 1 fully saturated rings. The van der Waals surface area contributed by atoms with Crippen molar-refractivity contribution in [3.8, 4) is 5.75 Å². The lowest BCUT2D eigenvalue weighted by Crippen LogP contribution is -2.58. The van der Waals surface area contributed by atoms with Gasteiger partial charge in [0.05, 0.1) is 11.5 Å². The second kappa shape index (κ2) is 14.7. The van der Waals surface area contributed by atoms with Gasteiger partial charge >= 0.3 is 0 Å². The molecule has 1 aliphatic heterocycles. The molecule has 3 rings (SSSR count). The zero-order valence-electron chi connectivity index (χ0n) is 23.6. The molecule has 15 heteroatoms. The Hall–Kier alpha value is -5.05. The van der Waals surface area contributed by atoms with E-state index in [1.165, 1.54) is 55.1 Å². The van der Waals surface area contributed by atoms with E-state index in [1.54, 1.807) is 12.1 Å². The van der Waals surface area contributed by atoms with E-state index in [9.17, 15) is 44.3 Å². The predicted molar refractivity (Wildman–Crippen MR) is 152 cm³/mol. The topological polar surface area (TPSA) is 220 Å². The molecular formula is C28H34N6O9. The van der Waals surface area contributed by atoms with Crippen LogP contribution >= 0.6 is 0 Å². The van der Waals surface area contributed by atoms with Gasteiger partial charge in [-0.05, 0) is 49.6 Å². The molecule has 43 heavy (non-hydrogen) atoms. The second-order valence-corrected chi connectivity index (χ2v) is 10.1. The molecule has 1 saturated heterocycles. The van der Waals surface area contributed by atoms with E-state index in [0.717, 1.165) is 0 Å². The first-order chi connectivity index (χ1) is 20.4. The molecule has 1 aliphatic rings. The van der Waals surface area contributed by atoms with Crippen LogP contribution in [0.4, 0.5) is 11.4 Å². The molecule has 0 saturated carbocycles. The monoisotopic (exact) mass is 598 g/mol. The number of nitro benzene ring substituents is 1. The fraction of sp³-hybridized carbons (Fsp3) is 0.393. The van der Waals surface area contributed by atoms with Crippen molar-refractivity contribution >= 4 is 40.9 Å². The van der Waals surface area contributed by atoms with Gasteiger partial charge in [0.15, 0.2) is 0 Å². The van der Waals surface area contributed by atoms with Gasteiger partial charge in [0.2, 0.25) is 29.5 Å². The molecule has 2 aromatic carbocycles. The van der Waals surface area contributed by atoms with Gasteiger partial charge in [-0.15, -0.1) is 0 Å². The summed E-state index contributed by atoms with van der Waals surface area (Å²) in [5.41, 5.74) is 0.700. The maximum atomic E-state index is 13.5. The molecule has 1 heterocycles. The summed E-state index contributed by atoms with van der Waals surface area (Å²) >= 11 is 0. The Balaban J connectivity index is 1.75. The number of aliphatic hydroxyl groups is 1. The van der Waals surface area contributed by atoms with E-state index in [2.05, 4.69) is 21.3 Å². The first-order valence-corrected chi connectivity index (χ1v) is 13.5. The minimum atomic E-state index is -1.37. The first-order valence-electron chi connectivity index (χ1n) is 13.5. The van der Waals surface area contributed by atoms with Crippen LogP contribution in [0.15, 0.2) is 48.5 Å². The number of anilines is 1. The fourth-order valence-electron chi connectivity index (χ4n) is 4.60. The molecule has 15 nitrogen and oxygen atoms in total. The summed E-state index contributed by atoms with van der Waals surface area (Å²) in [5.74, 6) is -3.10. The Morgan fingerprint density at radius 3 is 2.21 bits per heavy atom. The van der Waals surface area contributed by atoms with Crippen molar-refractivity contribution in [1.29, 1.82) is 0 Å². The Kier molecular flexibility index (Phi) is 11.1. The minimum absolute atomic E-state index is 0.0109. The Labute approximate surface area is 246 Å². The second-order valence-electron chi connectivity index (χ2n) is 10.1. The van der Waals surface area contributed by atoms with Crippen molar-refractivity contribution in [2.45, 2.75) is 57.3 Å². The number of phenolic OH excluding ortho intramolecular Hbond substituents is 1. The van der Waals surface area contributed by atoms with E-state index < -0.39 is 65.2 Å². The zero-order chi connectivity index (χ0) is 31.7. The van der Waals surface area contributed by atoms with E-state index in [4.69, 9.17) is 0 Å². The van der Waals surface area contributed by atoms with Gasteiger partial charge in [-0.3, -0.25) is 34.1 Å². The standard InChI is InChI=1S/C28H34N6O9/c1-16(29-17(2)36)25(38)32-23(15-35)28(41)33-13-3-4-24(33)27(40)31-22(14-18-5-11-21(37)12-6-18)26(39)30-19-7-9-20(10-8-19)34(42)43/h5-12,16,22-24,35,37H,3-4,13-15H2,1-2H3,(H,29,36)(H,30,39)(H,31,40)(H,32,38)/t16-,22-,23-,24-/m0/s1. The van der Waals surface area contributed by atoms with Crippen LogP contribution in [0.3, 0.4) is 0 Å². The van der Waals surface area contributed by atoms with Crippen molar-refractivity contribution in [3.63, 3.8) is 0 Å². The number of benzene rings is 2. The highest BCUT2D eigenvalue weighted by atomic mass is 16.6. The quantitative estimate of drug-likeness (QED) is 0.142. The highest BCUT2D eigenvalue weighted by molar-refractivity contribution is 5.99. The number of phenols is 1. The molecule has 0 spiro atoms. The fourth-order valence-corrected chi connectivity index (χ4v) is 4.60. The molecule has 0 radical (unpaired) electrons. The summed E-state index contributed by atoms with van der Waals surface area (Å²) in [6, 6.07) is 6.68. The molecule has 0 unspecified atom stereocenters. The summed E-state index contributed by atoms with van der Waals surface area (Å²) in [5, 5.41) is 40.5. The number of non-ortho nitro benzene ring substituents is 1. The van der Waals surface area contributed by atoms with Gasteiger partial charge in [-0.1, -0.05) is 12.1 Å². The number of aromatic hydroxyl groups is 1. The molecule has 2 aromatic rings. The molecule has 5 amide bonds. The Morgan fingerprint density at radius 1 is 0.977 bits per heavy atom. The molecule has 0 aliphatic carbocycles. The van der Waals surface area contributed by atoms with Gasteiger partial charge in [-0.2, -0.15) is 0 Å². The van der Waals surface area contributed by atoms with Crippen molar-refractivity contribution < 1.29 is 39.1 Å². The number of likely N-dealkylation sites (tertiary alicyclic amines) is 1. The number of nitrogens with one attached hydrogen (secondary N) is 4. The molecule has 230 valence electrons. The molecule has 4 atom stereocenters. The number of carbonyl (C=O) groups is 5. The molecule has 6 N–H and O–H groups in total. The summed E-state index contributed by atoms with van der Waals surface area (Å²) in [7, 11) is 0. The van der Waals surface area contributed by atoms with Crippen molar-refractivity contribution in [1.82, 2.24) is 20.9 Å². The highest BCUT2D eigenvalue weighted by Crippen LogP contribution is 2.20. The van der Waals surface area contributed by atoms with Crippen molar-refractivity contribution in [2.75, 3.05) is 18.5 Å². The Morgan fingerprint density at radius 2 is 1.63 bits per heavy atom. The van der Waals surface area contributed by atoms with Gasteiger partial charge in [0, 0.05) is 37.7 Å². The summed E-state index contributed by atoms with van der Waals surface area (Å²) in [6.45, 7) is 2.07.